The SMILES string of the molecule is Cc1ccc(N2C(=O)NC(=O)/C(=C/c3ccc4c(c3)OCO4)C2=O)cc1. The maximum Gasteiger partial charge on any atom is 0.335 e. The zero-order valence-corrected chi connectivity index (χ0v) is 13.8. The number of barbiturate groups is 1. The fraction of sp³-hybridized carbons (Fsp3) is 0.105. The van der Waals surface area contributed by atoms with Gasteiger partial charge in [-0.15, -0.1) is 0 Å². The second-order valence-corrected chi connectivity index (χ2v) is 5.91. The number of urea groups is 1. The first-order valence-corrected chi connectivity index (χ1v) is 7.91. The van der Waals surface area contributed by atoms with Crippen LogP contribution < -0.4 is 19.7 Å². The number of hydrogen-bond acceptors (Lipinski definition) is 5. The van der Waals surface area contributed by atoms with Crippen molar-refractivity contribution in [3.8, 4) is 11.5 Å². The highest BCUT2D eigenvalue weighted by Gasteiger charge is 2.36. The third kappa shape index (κ3) is 2.69. The van der Waals surface area contributed by atoms with E-state index in [4.69, 9.17) is 9.47 Å². The first-order chi connectivity index (χ1) is 12.5. The Morgan fingerprint density at radius 1 is 1.00 bits per heavy atom. The molecule has 0 bridgehead atoms. The molecule has 7 heteroatoms. The van der Waals surface area contributed by atoms with Gasteiger partial charge in [-0.2, -0.15) is 0 Å². The molecule has 26 heavy (non-hydrogen) atoms. The second kappa shape index (κ2) is 6.03. The van der Waals surface area contributed by atoms with Crippen LogP contribution in [0.25, 0.3) is 6.08 Å². The number of rotatable bonds is 2. The topological polar surface area (TPSA) is 84.9 Å². The summed E-state index contributed by atoms with van der Waals surface area (Å²) in [5.41, 5.74) is 1.84. The van der Waals surface area contributed by atoms with Gasteiger partial charge in [0.1, 0.15) is 5.57 Å². The molecular weight excluding hydrogens is 336 g/mol. The van der Waals surface area contributed by atoms with Crippen LogP contribution in [0, 0.1) is 6.92 Å². The number of ether oxygens (including phenoxy) is 2. The van der Waals surface area contributed by atoms with Crippen LogP contribution in [0.15, 0.2) is 48.0 Å². The van der Waals surface area contributed by atoms with E-state index in [1.807, 2.05) is 6.92 Å². The van der Waals surface area contributed by atoms with Gasteiger partial charge in [0.05, 0.1) is 5.69 Å². The maximum atomic E-state index is 12.8. The molecule has 7 nitrogen and oxygen atoms in total. The Kier molecular flexibility index (Phi) is 3.69. The summed E-state index contributed by atoms with van der Waals surface area (Å²) >= 11 is 0. The lowest BCUT2D eigenvalue weighted by atomic mass is 10.1. The van der Waals surface area contributed by atoms with Crippen LogP contribution in [0.2, 0.25) is 0 Å². The summed E-state index contributed by atoms with van der Waals surface area (Å²) in [6, 6.07) is 11.2. The Bertz CT molecular complexity index is 962. The Morgan fingerprint density at radius 2 is 1.73 bits per heavy atom. The Balaban J connectivity index is 1.71. The molecule has 130 valence electrons. The van der Waals surface area contributed by atoms with Crippen LogP contribution in [0.1, 0.15) is 11.1 Å². The fourth-order valence-corrected chi connectivity index (χ4v) is 2.76. The van der Waals surface area contributed by atoms with Crippen molar-refractivity contribution in [2.75, 3.05) is 11.7 Å². The molecule has 2 aromatic rings. The summed E-state index contributed by atoms with van der Waals surface area (Å²) in [7, 11) is 0. The first-order valence-electron chi connectivity index (χ1n) is 7.91. The number of nitrogens with one attached hydrogen (secondary N) is 1. The monoisotopic (exact) mass is 350 g/mol. The predicted molar refractivity (Wildman–Crippen MR) is 92.7 cm³/mol. The fourth-order valence-electron chi connectivity index (χ4n) is 2.76. The number of amides is 4. The number of fused-ring (bicyclic) bond motifs is 1. The van der Waals surface area contributed by atoms with E-state index in [1.54, 1.807) is 42.5 Å². The van der Waals surface area contributed by atoms with Crippen molar-refractivity contribution in [2.45, 2.75) is 6.92 Å². The summed E-state index contributed by atoms with van der Waals surface area (Å²) in [5.74, 6) is -0.279. The lowest BCUT2D eigenvalue weighted by molar-refractivity contribution is -0.122. The van der Waals surface area contributed by atoms with Crippen molar-refractivity contribution in [2.24, 2.45) is 0 Å². The molecule has 0 radical (unpaired) electrons. The predicted octanol–water partition coefficient (Wildman–Crippen LogP) is 2.39. The highest BCUT2D eigenvalue weighted by molar-refractivity contribution is 6.39. The first kappa shape index (κ1) is 15.9. The average Bonchev–Trinajstić information content (AvgIpc) is 3.08. The van der Waals surface area contributed by atoms with Crippen molar-refractivity contribution in [3.63, 3.8) is 0 Å². The molecule has 0 unspecified atom stereocenters. The number of carbonyl (C=O) groups excluding carboxylic acids is 3. The average molecular weight is 350 g/mol. The minimum Gasteiger partial charge on any atom is -0.454 e. The largest absolute Gasteiger partial charge is 0.454 e. The minimum atomic E-state index is -0.772. The molecule has 0 atom stereocenters. The maximum absolute atomic E-state index is 12.8. The molecule has 2 aliphatic rings. The molecule has 1 fully saturated rings. The summed E-state index contributed by atoms with van der Waals surface area (Å²) in [6.07, 6.45) is 1.42. The van der Waals surface area contributed by atoms with E-state index in [-0.39, 0.29) is 12.4 Å². The van der Waals surface area contributed by atoms with Gasteiger partial charge in [-0.25, -0.2) is 9.69 Å². The van der Waals surface area contributed by atoms with Gasteiger partial charge in [-0.05, 0) is 42.8 Å². The molecular formula is C19H14N2O5. The van der Waals surface area contributed by atoms with Gasteiger partial charge in [0.2, 0.25) is 6.79 Å². The minimum absolute atomic E-state index is 0.129. The molecule has 4 amide bonds. The van der Waals surface area contributed by atoms with Crippen LogP contribution >= 0.6 is 0 Å². The van der Waals surface area contributed by atoms with Crippen molar-refractivity contribution in [1.82, 2.24) is 5.32 Å². The second-order valence-electron chi connectivity index (χ2n) is 5.91. The molecule has 4 rings (SSSR count). The number of aryl methyl sites for hydroxylation is 1. The molecule has 1 N–H and O–H groups in total. The smallest absolute Gasteiger partial charge is 0.335 e. The summed E-state index contributed by atoms with van der Waals surface area (Å²) in [6.45, 7) is 2.03. The molecule has 2 aromatic carbocycles. The number of imide groups is 2. The Morgan fingerprint density at radius 3 is 2.50 bits per heavy atom. The molecule has 0 saturated carbocycles. The molecule has 0 aromatic heterocycles. The van der Waals surface area contributed by atoms with Gasteiger partial charge in [-0.3, -0.25) is 14.9 Å². The number of hydrogen-bond donors (Lipinski definition) is 1. The quantitative estimate of drug-likeness (QED) is 0.664. The Hall–Kier alpha value is -3.61. The van der Waals surface area contributed by atoms with Crippen LogP contribution in [0.3, 0.4) is 0 Å². The lowest BCUT2D eigenvalue weighted by Crippen LogP contribution is -2.54. The van der Waals surface area contributed by atoms with E-state index in [9.17, 15) is 14.4 Å². The zero-order chi connectivity index (χ0) is 18.3. The molecule has 1 saturated heterocycles. The molecule has 2 aliphatic heterocycles. The van der Waals surface area contributed by atoms with E-state index in [0.717, 1.165) is 10.5 Å². The van der Waals surface area contributed by atoms with Crippen molar-refractivity contribution in [1.29, 1.82) is 0 Å². The molecule has 2 heterocycles. The Labute approximate surface area is 148 Å². The van der Waals surface area contributed by atoms with E-state index < -0.39 is 17.8 Å². The van der Waals surface area contributed by atoms with Crippen LogP contribution in [0.5, 0.6) is 11.5 Å². The van der Waals surface area contributed by atoms with Gasteiger partial charge < -0.3 is 9.47 Å². The third-order valence-electron chi connectivity index (χ3n) is 4.10. The van der Waals surface area contributed by atoms with Crippen molar-refractivity contribution >= 4 is 29.6 Å². The number of carbonyl (C=O) groups is 3. The molecule has 0 aliphatic carbocycles. The van der Waals surface area contributed by atoms with Gasteiger partial charge in [0.15, 0.2) is 11.5 Å². The van der Waals surface area contributed by atoms with E-state index in [0.29, 0.717) is 22.7 Å². The number of benzene rings is 2. The normalized spacial score (nSPS) is 17.7. The molecule has 0 spiro atoms. The highest BCUT2D eigenvalue weighted by atomic mass is 16.7. The van der Waals surface area contributed by atoms with Crippen LogP contribution in [-0.2, 0) is 9.59 Å². The highest BCUT2D eigenvalue weighted by Crippen LogP contribution is 2.33. The van der Waals surface area contributed by atoms with E-state index in [2.05, 4.69) is 5.32 Å². The van der Waals surface area contributed by atoms with Crippen LogP contribution in [0.4, 0.5) is 10.5 Å². The van der Waals surface area contributed by atoms with E-state index >= 15 is 0 Å². The van der Waals surface area contributed by atoms with Crippen molar-refractivity contribution in [3.05, 3.63) is 59.2 Å². The van der Waals surface area contributed by atoms with Gasteiger partial charge in [0.25, 0.3) is 11.8 Å². The van der Waals surface area contributed by atoms with Gasteiger partial charge in [-0.1, -0.05) is 23.8 Å². The van der Waals surface area contributed by atoms with Crippen LogP contribution in [-0.4, -0.2) is 24.6 Å². The van der Waals surface area contributed by atoms with Crippen molar-refractivity contribution < 1.29 is 23.9 Å². The zero-order valence-electron chi connectivity index (χ0n) is 13.8. The standard InChI is InChI=1S/C19H14N2O5/c1-11-2-5-13(6-3-11)21-18(23)14(17(22)20-19(21)24)8-12-4-7-15-16(9-12)26-10-25-15/h2-9H,10H2,1H3,(H,20,22,24)/b14-8-. The number of nitrogens with zero attached hydrogens (tertiary/aromatic N) is 1. The summed E-state index contributed by atoms with van der Waals surface area (Å²) in [4.78, 5) is 38.1. The van der Waals surface area contributed by atoms with Gasteiger partial charge >= 0.3 is 6.03 Å². The lowest BCUT2D eigenvalue weighted by Gasteiger charge is -2.26. The van der Waals surface area contributed by atoms with Gasteiger partial charge in [0, 0.05) is 0 Å². The third-order valence-corrected chi connectivity index (χ3v) is 4.10. The van der Waals surface area contributed by atoms with E-state index in [1.165, 1.54) is 6.08 Å². The summed E-state index contributed by atoms with van der Waals surface area (Å²) in [5, 5.41) is 2.20. The summed E-state index contributed by atoms with van der Waals surface area (Å²) < 4.78 is 10.5. The number of anilines is 1.